The van der Waals surface area contributed by atoms with E-state index in [-0.39, 0.29) is 23.8 Å². The molecule has 0 saturated carbocycles. The zero-order valence-electron chi connectivity index (χ0n) is 9.65. The van der Waals surface area contributed by atoms with Gasteiger partial charge in [0.1, 0.15) is 5.82 Å². The predicted molar refractivity (Wildman–Crippen MR) is 70.1 cm³/mol. The van der Waals surface area contributed by atoms with Crippen molar-refractivity contribution in [3.8, 4) is 0 Å². The number of anilines is 2. The Morgan fingerprint density at radius 1 is 1.44 bits per heavy atom. The van der Waals surface area contributed by atoms with Crippen LogP contribution >= 0.6 is 11.6 Å². The van der Waals surface area contributed by atoms with Gasteiger partial charge in [0.2, 0.25) is 10.0 Å². The number of rotatable bonds is 6. The van der Waals surface area contributed by atoms with Gasteiger partial charge >= 0.3 is 0 Å². The maximum Gasteiger partial charge on any atom is 0.229 e. The minimum atomic E-state index is -3.46. The second kappa shape index (κ2) is 6.21. The van der Waals surface area contributed by atoms with Gasteiger partial charge in [0.15, 0.2) is 0 Å². The molecule has 1 aromatic rings. The lowest BCUT2D eigenvalue weighted by molar-refractivity contribution is 0.211. The molecule has 0 radical (unpaired) electrons. The van der Waals surface area contributed by atoms with Crippen LogP contribution in [0.1, 0.15) is 0 Å². The van der Waals surface area contributed by atoms with Crippen LogP contribution < -0.4 is 10.0 Å². The Bertz CT molecular complexity index is 510. The van der Waals surface area contributed by atoms with Gasteiger partial charge in [0.25, 0.3) is 0 Å². The SMILES string of the molecule is CS(=O)(=O)Nc1ccc(F)cc1NCC(O)CCl. The molecule has 0 aliphatic heterocycles. The zero-order valence-corrected chi connectivity index (χ0v) is 11.2. The van der Waals surface area contributed by atoms with Crippen molar-refractivity contribution >= 4 is 33.0 Å². The van der Waals surface area contributed by atoms with Crippen LogP contribution in [0.3, 0.4) is 0 Å². The average molecular weight is 297 g/mol. The molecule has 1 unspecified atom stereocenters. The number of sulfonamides is 1. The van der Waals surface area contributed by atoms with E-state index in [2.05, 4.69) is 10.0 Å². The van der Waals surface area contributed by atoms with E-state index < -0.39 is 21.9 Å². The number of benzene rings is 1. The molecule has 0 heterocycles. The van der Waals surface area contributed by atoms with E-state index in [9.17, 15) is 17.9 Å². The first-order chi connectivity index (χ1) is 8.31. The highest BCUT2D eigenvalue weighted by atomic mass is 35.5. The third-order valence-corrected chi connectivity index (χ3v) is 2.93. The molecule has 0 bridgehead atoms. The van der Waals surface area contributed by atoms with Crippen LogP contribution in [-0.4, -0.2) is 38.3 Å². The summed E-state index contributed by atoms with van der Waals surface area (Å²) in [4.78, 5) is 0. The van der Waals surface area contributed by atoms with Gasteiger partial charge in [-0.05, 0) is 18.2 Å². The Kier molecular flexibility index (Phi) is 5.18. The topological polar surface area (TPSA) is 78.4 Å². The number of nitrogens with one attached hydrogen (secondary N) is 2. The maximum atomic E-state index is 13.1. The minimum Gasteiger partial charge on any atom is -0.390 e. The van der Waals surface area contributed by atoms with Crippen LogP contribution in [0.15, 0.2) is 18.2 Å². The van der Waals surface area contributed by atoms with Crippen LogP contribution in [0.4, 0.5) is 15.8 Å². The van der Waals surface area contributed by atoms with Crippen molar-refractivity contribution in [3.05, 3.63) is 24.0 Å². The molecule has 0 spiro atoms. The van der Waals surface area contributed by atoms with E-state index in [1.807, 2.05) is 0 Å². The number of hydrogen-bond donors (Lipinski definition) is 3. The quantitative estimate of drug-likeness (QED) is 0.690. The molecule has 1 atom stereocenters. The average Bonchev–Trinajstić information content (AvgIpc) is 2.27. The van der Waals surface area contributed by atoms with Crippen LogP contribution in [0.25, 0.3) is 0 Å². The Labute approximate surface area is 110 Å². The monoisotopic (exact) mass is 296 g/mol. The maximum absolute atomic E-state index is 13.1. The number of aliphatic hydroxyl groups excluding tert-OH is 1. The van der Waals surface area contributed by atoms with Gasteiger partial charge in [-0.3, -0.25) is 4.72 Å². The summed E-state index contributed by atoms with van der Waals surface area (Å²) in [5.74, 6) is -0.492. The standard InChI is InChI=1S/C10H14ClFN2O3S/c1-18(16,17)14-9-3-2-7(12)4-10(9)13-6-8(15)5-11/h2-4,8,13-15H,5-6H2,1H3. The predicted octanol–water partition coefficient (Wildman–Crippen LogP) is 1.21. The fourth-order valence-corrected chi connectivity index (χ4v) is 1.92. The fraction of sp³-hybridized carbons (Fsp3) is 0.400. The third-order valence-electron chi connectivity index (χ3n) is 1.98. The zero-order chi connectivity index (χ0) is 13.8. The van der Waals surface area contributed by atoms with Crippen molar-refractivity contribution in [2.24, 2.45) is 0 Å². The highest BCUT2D eigenvalue weighted by Gasteiger charge is 2.10. The normalized spacial score (nSPS) is 13.1. The van der Waals surface area contributed by atoms with Gasteiger partial charge in [-0.2, -0.15) is 0 Å². The summed E-state index contributed by atoms with van der Waals surface area (Å²) in [5.41, 5.74) is 0.449. The highest BCUT2D eigenvalue weighted by Crippen LogP contribution is 2.23. The molecule has 0 aliphatic carbocycles. The summed E-state index contributed by atoms with van der Waals surface area (Å²) in [6.45, 7) is 0.0887. The van der Waals surface area contributed by atoms with Crippen molar-refractivity contribution in [2.75, 3.05) is 28.7 Å². The minimum absolute atomic E-state index is 0.0250. The van der Waals surface area contributed by atoms with Gasteiger partial charge in [-0.1, -0.05) is 0 Å². The second-order valence-corrected chi connectivity index (χ2v) is 5.81. The molecular formula is C10H14ClFN2O3S. The number of alkyl halides is 1. The van der Waals surface area contributed by atoms with Gasteiger partial charge in [-0.15, -0.1) is 11.6 Å². The van der Waals surface area contributed by atoms with Crippen molar-refractivity contribution in [1.29, 1.82) is 0 Å². The van der Waals surface area contributed by atoms with E-state index in [1.54, 1.807) is 0 Å². The van der Waals surface area contributed by atoms with E-state index in [0.29, 0.717) is 0 Å². The van der Waals surface area contributed by atoms with Crippen LogP contribution in [-0.2, 0) is 10.0 Å². The number of hydrogen-bond acceptors (Lipinski definition) is 4. The summed E-state index contributed by atoms with van der Waals surface area (Å²) >= 11 is 5.42. The molecule has 1 aromatic carbocycles. The summed E-state index contributed by atoms with van der Waals surface area (Å²) in [6.07, 6.45) is 0.189. The van der Waals surface area contributed by atoms with Crippen LogP contribution in [0.2, 0.25) is 0 Å². The van der Waals surface area contributed by atoms with E-state index in [4.69, 9.17) is 11.6 Å². The molecule has 102 valence electrons. The van der Waals surface area contributed by atoms with Crippen molar-refractivity contribution < 1.29 is 17.9 Å². The first-order valence-corrected chi connectivity index (χ1v) is 7.49. The molecule has 8 heteroatoms. The summed E-state index contributed by atoms with van der Waals surface area (Å²) in [7, 11) is -3.46. The molecule has 18 heavy (non-hydrogen) atoms. The Hall–Kier alpha value is -1.05. The molecule has 5 nitrogen and oxygen atoms in total. The molecule has 0 saturated heterocycles. The van der Waals surface area contributed by atoms with Crippen LogP contribution in [0.5, 0.6) is 0 Å². The van der Waals surface area contributed by atoms with Gasteiger partial charge < -0.3 is 10.4 Å². The van der Waals surface area contributed by atoms with Crippen LogP contribution in [0, 0.1) is 5.82 Å². The lowest BCUT2D eigenvalue weighted by Gasteiger charge is -2.14. The molecule has 0 aliphatic rings. The summed E-state index contributed by atoms with van der Waals surface area (Å²) in [6, 6.07) is 3.57. The smallest absolute Gasteiger partial charge is 0.229 e. The molecular weight excluding hydrogens is 283 g/mol. The van der Waals surface area contributed by atoms with E-state index in [0.717, 1.165) is 18.4 Å². The van der Waals surface area contributed by atoms with Crippen molar-refractivity contribution in [3.63, 3.8) is 0 Å². The fourth-order valence-electron chi connectivity index (χ4n) is 1.23. The summed E-state index contributed by atoms with van der Waals surface area (Å²) < 4.78 is 37.6. The molecule has 0 aromatic heterocycles. The Morgan fingerprint density at radius 2 is 2.11 bits per heavy atom. The summed E-state index contributed by atoms with van der Waals surface area (Å²) in [5, 5.41) is 12.0. The van der Waals surface area contributed by atoms with Gasteiger partial charge in [0.05, 0.1) is 29.6 Å². The first kappa shape index (κ1) is 15.0. The third kappa shape index (κ3) is 5.07. The Balaban J connectivity index is 2.90. The molecule has 0 fully saturated rings. The molecule has 0 amide bonds. The first-order valence-electron chi connectivity index (χ1n) is 5.07. The largest absolute Gasteiger partial charge is 0.390 e. The van der Waals surface area contributed by atoms with E-state index in [1.165, 1.54) is 6.07 Å². The van der Waals surface area contributed by atoms with Crippen molar-refractivity contribution in [1.82, 2.24) is 0 Å². The van der Waals surface area contributed by atoms with Crippen molar-refractivity contribution in [2.45, 2.75) is 6.10 Å². The second-order valence-electron chi connectivity index (χ2n) is 3.75. The number of halogens is 2. The van der Waals surface area contributed by atoms with Gasteiger partial charge in [-0.25, -0.2) is 12.8 Å². The molecule has 1 rings (SSSR count). The lowest BCUT2D eigenvalue weighted by Crippen LogP contribution is -2.22. The Morgan fingerprint density at radius 3 is 2.67 bits per heavy atom. The number of aliphatic hydroxyl groups is 1. The van der Waals surface area contributed by atoms with E-state index >= 15 is 0 Å². The van der Waals surface area contributed by atoms with Gasteiger partial charge in [0, 0.05) is 6.54 Å². The highest BCUT2D eigenvalue weighted by molar-refractivity contribution is 7.92. The lowest BCUT2D eigenvalue weighted by atomic mass is 10.2. The molecule has 3 N–H and O–H groups in total.